The summed E-state index contributed by atoms with van der Waals surface area (Å²) >= 11 is 0. The van der Waals surface area contributed by atoms with Gasteiger partial charge in [-0.3, -0.25) is 9.59 Å². The molecular weight excluding hydrogens is 533 g/mol. The van der Waals surface area contributed by atoms with E-state index >= 15 is 0 Å². The smallest absolute Gasteiger partial charge is 0.379 e. The van der Waals surface area contributed by atoms with E-state index in [1.807, 2.05) is 31.3 Å². The molecule has 0 radical (unpaired) electrons. The number of alkyl halides is 3. The second-order valence-corrected chi connectivity index (χ2v) is 10.4. The second-order valence-electron chi connectivity index (χ2n) is 10.4. The quantitative estimate of drug-likeness (QED) is 0.380. The van der Waals surface area contributed by atoms with Gasteiger partial charge in [-0.05, 0) is 85.9 Å². The molecule has 0 bridgehead atoms. The summed E-state index contributed by atoms with van der Waals surface area (Å²) in [5.41, 5.74) is -0.935. The zero-order valence-corrected chi connectivity index (χ0v) is 22.8. The molecule has 4 rings (SSSR count). The normalized spacial score (nSPS) is 15.9. The maximum absolute atomic E-state index is 13.7. The minimum Gasteiger partial charge on any atom is -0.379 e. The topological polar surface area (TPSA) is 105 Å². The lowest BCUT2D eigenvalue weighted by Gasteiger charge is -2.39. The molecule has 0 saturated carbocycles. The van der Waals surface area contributed by atoms with Crippen molar-refractivity contribution in [1.82, 2.24) is 10.2 Å². The first-order valence-electron chi connectivity index (χ1n) is 13.2. The molecule has 2 amide bonds. The van der Waals surface area contributed by atoms with Gasteiger partial charge in [0.15, 0.2) is 0 Å². The van der Waals surface area contributed by atoms with Crippen LogP contribution in [0.4, 0.5) is 18.9 Å². The van der Waals surface area contributed by atoms with Gasteiger partial charge >= 0.3 is 6.18 Å². The fraction of sp³-hybridized carbons (Fsp3) is 0.323. The van der Waals surface area contributed by atoms with Crippen LogP contribution in [0.2, 0.25) is 0 Å². The Hall–Kier alpha value is -4.20. The van der Waals surface area contributed by atoms with Gasteiger partial charge in [0.25, 0.3) is 11.8 Å². The summed E-state index contributed by atoms with van der Waals surface area (Å²) in [5, 5.41) is 26.1. The third-order valence-corrected chi connectivity index (χ3v) is 7.60. The average Bonchev–Trinajstić information content (AvgIpc) is 2.96. The number of hydrogen-bond donors (Lipinski definition) is 3. The van der Waals surface area contributed by atoms with E-state index in [0.717, 1.165) is 17.2 Å². The van der Waals surface area contributed by atoms with E-state index in [1.165, 1.54) is 12.1 Å². The number of amides is 2. The van der Waals surface area contributed by atoms with E-state index in [9.17, 15) is 27.9 Å². The Balaban J connectivity index is 1.64. The number of carbonyl (C=O) groups excluding carboxylic acids is 2. The van der Waals surface area contributed by atoms with Crippen LogP contribution in [0.25, 0.3) is 11.1 Å². The molecular formula is C31H31F3N4O3. The number of rotatable bonds is 7. The summed E-state index contributed by atoms with van der Waals surface area (Å²) < 4.78 is 40.6. The van der Waals surface area contributed by atoms with Crippen LogP contribution in [0.1, 0.15) is 39.9 Å². The molecule has 41 heavy (non-hydrogen) atoms. The van der Waals surface area contributed by atoms with Crippen molar-refractivity contribution in [3.8, 4) is 17.2 Å². The predicted octanol–water partition coefficient (Wildman–Crippen LogP) is 4.86. The number of halogens is 3. The van der Waals surface area contributed by atoms with Gasteiger partial charge in [0, 0.05) is 24.7 Å². The minimum atomic E-state index is -4.78. The Morgan fingerprint density at radius 2 is 1.71 bits per heavy atom. The highest BCUT2D eigenvalue weighted by Crippen LogP contribution is 2.36. The van der Waals surface area contributed by atoms with Crippen LogP contribution in [0, 0.1) is 17.2 Å². The Morgan fingerprint density at radius 1 is 1.02 bits per heavy atom. The average molecular weight is 565 g/mol. The molecule has 0 aromatic heterocycles. The highest BCUT2D eigenvalue weighted by molar-refractivity contribution is 5.98. The minimum absolute atomic E-state index is 0.0558. The van der Waals surface area contributed by atoms with Gasteiger partial charge < -0.3 is 20.6 Å². The SMILES string of the molecule is CNC(=O)c1ccc(-c2cccc(CC(O)(C(=O)Nc3ccc(C#N)c(C(F)(F)F)c3)C3CCN(C)CC3)c2)cc1. The molecule has 1 fully saturated rings. The second kappa shape index (κ2) is 12.1. The van der Waals surface area contributed by atoms with Crippen LogP contribution in [0.5, 0.6) is 0 Å². The molecule has 1 atom stereocenters. The molecule has 7 nitrogen and oxygen atoms in total. The van der Waals surface area contributed by atoms with Gasteiger partial charge in [0.05, 0.1) is 17.2 Å². The lowest BCUT2D eigenvalue weighted by Crippen LogP contribution is -2.53. The number of anilines is 1. The first kappa shape index (κ1) is 29.8. The Morgan fingerprint density at radius 3 is 2.32 bits per heavy atom. The molecule has 1 aliphatic rings. The number of benzene rings is 3. The Labute approximate surface area is 236 Å². The van der Waals surface area contributed by atoms with Gasteiger partial charge in [-0.25, -0.2) is 0 Å². The van der Waals surface area contributed by atoms with Crippen LogP contribution in [-0.2, 0) is 17.4 Å². The van der Waals surface area contributed by atoms with Crippen molar-refractivity contribution < 1.29 is 27.9 Å². The van der Waals surface area contributed by atoms with Gasteiger partial charge in [-0.1, -0.05) is 36.4 Å². The molecule has 1 aliphatic heterocycles. The highest BCUT2D eigenvalue weighted by Gasteiger charge is 2.45. The molecule has 0 aliphatic carbocycles. The van der Waals surface area contributed by atoms with Crippen LogP contribution in [-0.4, -0.2) is 54.6 Å². The third kappa shape index (κ3) is 6.76. The molecule has 3 aromatic carbocycles. The third-order valence-electron chi connectivity index (χ3n) is 7.60. The van der Waals surface area contributed by atoms with E-state index in [1.54, 1.807) is 31.3 Å². The number of nitrogens with zero attached hydrogens (tertiary/aromatic N) is 2. The van der Waals surface area contributed by atoms with E-state index in [2.05, 4.69) is 15.5 Å². The van der Waals surface area contributed by atoms with E-state index in [4.69, 9.17) is 5.26 Å². The zero-order valence-electron chi connectivity index (χ0n) is 22.8. The standard InChI is InChI=1S/C31H31F3N4O3/c1-36-28(39)22-8-6-21(7-9-22)23-5-3-4-20(16-23)18-30(41,25-12-14-38(2)15-13-25)29(40)37-26-11-10-24(19-35)27(17-26)31(32,33)34/h3-11,16-17,25,41H,12-15,18H2,1-2H3,(H,36,39)(H,37,40). The molecule has 0 spiro atoms. The Bertz CT molecular complexity index is 1460. The maximum atomic E-state index is 13.7. The van der Waals surface area contributed by atoms with E-state index in [0.29, 0.717) is 43.1 Å². The van der Waals surface area contributed by atoms with Crippen molar-refractivity contribution in [2.75, 3.05) is 32.5 Å². The largest absolute Gasteiger partial charge is 0.417 e. The van der Waals surface area contributed by atoms with Crippen molar-refractivity contribution in [2.45, 2.75) is 31.0 Å². The number of nitrogens with one attached hydrogen (secondary N) is 2. The van der Waals surface area contributed by atoms with Gasteiger partial charge in [0.2, 0.25) is 0 Å². The van der Waals surface area contributed by atoms with Crippen molar-refractivity contribution in [3.05, 3.63) is 89.0 Å². The van der Waals surface area contributed by atoms with Crippen molar-refractivity contribution in [2.24, 2.45) is 5.92 Å². The lowest BCUT2D eigenvalue weighted by atomic mass is 9.76. The molecule has 1 saturated heterocycles. The number of hydrogen-bond acceptors (Lipinski definition) is 5. The fourth-order valence-electron chi connectivity index (χ4n) is 5.22. The summed E-state index contributed by atoms with van der Waals surface area (Å²) in [6.07, 6.45) is -3.78. The van der Waals surface area contributed by atoms with E-state index in [-0.39, 0.29) is 18.0 Å². The van der Waals surface area contributed by atoms with Crippen LogP contribution < -0.4 is 10.6 Å². The van der Waals surface area contributed by atoms with Crippen molar-refractivity contribution in [3.63, 3.8) is 0 Å². The monoisotopic (exact) mass is 564 g/mol. The predicted molar refractivity (Wildman–Crippen MR) is 149 cm³/mol. The lowest BCUT2D eigenvalue weighted by molar-refractivity contribution is -0.142. The fourth-order valence-corrected chi connectivity index (χ4v) is 5.22. The van der Waals surface area contributed by atoms with Crippen molar-refractivity contribution in [1.29, 1.82) is 5.26 Å². The van der Waals surface area contributed by atoms with E-state index < -0.39 is 34.7 Å². The van der Waals surface area contributed by atoms with Gasteiger partial charge in [-0.15, -0.1) is 0 Å². The van der Waals surface area contributed by atoms with Gasteiger partial charge in [-0.2, -0.15) is 18.4 Å². The molecule has 3 N–H and O–H groups in total. The first-order valence-corrected chi connectivity index (χ1v) is 13.2. The van der Waals surface area contributed by atoms with Crippen LogP contribution >= 0.6 is 0 Å². The molecule has 214 valence electrons. The Kier molecular flexibility index (Phi) is 8.80. The van der Waals surface area contributed by atoms with Crippen molar-refractivity contribution >= 4 is 17.5 Å². The summed E-state index contributed by atoms with van der Waals surface area (Å²) in [6, 6.07) is 18.8. The summed E-state index contributed by atoms with van der Waals surface area (Å²) in [5.74, 6) is -1.44. The number of aliphatic hydroxyl groups is 1. The van der Waals surface area contributed by atoms with Crippen LogP contribution in [0.15, 0.2) is 66.7 Å². The molecule has 10 heteroatoms. The first-order chi connectivity index (χ1) is 19.4. The van der Waals surface area contributed by atoms with Crippen LogP contribution in [0.3, 0.4) is 0 Å². The van der Waals surface area contributed by atoms with Gasteiger partial charge in [0.1, 0.15) is 5.60 Å². The maximum Gasteiger partial charge on any atom is 0.417 e. The number of piperidine rings is 1. The zero-order chi connectivity index (χ0) is 29.8. The number of likely N-dealkylation sites (tertiary alicyclic amines) is 1. The highest BCUT2D eigenvalue weighted by atomic mass is 19.4. The number of nitriles is 1. The number of carbonyl (C=O) groups is 2. The summed E-state index contributed by atoms with van der Waals surface area (Å²) in [6.45, 7) is 1.32. The molecule has 1 unspecified atom stereocenters. The molecule has 1 heterocycles. The summed E-state index contributed by atoms with van der Waals surface area (Å²) in [7, 11) is 3.50. The summed E-state index contributed by atoms with van der Waals surface area (Å²) in [4.78, 5) is 27.6. The molecule has 3 aromatic rings.